The standard InChI is InChI=1S/C24H26FN3O2/c1-15-4-2-6-19(26-15)22(30)28-24-11-16-8-17(12-24)10-23(9-16,14-24)13-20(29)18-5-3-7-21(25)27-18/h2-7,16-17H,8-14H2,1H3,(H,28,30). The number of carbonyl (C=O) groups excluding carboxylic acids is 2. The molecule has 0 aromatic carbocycles. The molecule has 30 heavy (non-hydrogen) atoms. The molecule has 4 aliphatic carbocycles. The summed E-state index contributed by atoms with van der Waals surface area (Å²) in [5.41, 5.74) is 1.05. The molecule has 2 aromatic rings. The summed E-state index contributed by atoms with van der Waals surface area (Å²) >= 11 is 0. The van der Waals surface area contributed by atoms with Crippen molar-refractivity contribution in [2.75, 3.05) is 0 Å². The fourth-order valence-corrected chi connectivity index (χ4v) is 6.77. The van der Waals surface area contributed by atoms with E-state index in [0.717, 1.165) is 37.8 Å². The van der Waals surface area contributed by atoms with Gasteiger partial charge < -0.3 is 5.32 Å². The van der Waals surface area contributed by atoms with Crippen LogP contribution in [0, 0.1) is 30.1 Å². The summed E-state index contributed by atoms with van der Waals surface area (Å²) in [7, 11) is 0. The Labute approximate surface area is 175 Å². The Morgan fingerprint density at radius 3 is 2.43 bits per heavy atom. The Bertz CT molecular complexity index is 930. The minimum Gasteiger partial charge on any atom is -0.345 e. The Hall–Kier alpha value is -2.63. The van der Waals surface area contributed by atoms with Crippen molar-refractivity contribution in [2.24, 2.45) is 17.3 Å². The molecule has 156 valence electrons. The van der Waals surface area contributed by atoms with Gasteiger partial charge in [-0.15, -0.1) is 0 Å². The first kappa shape index (κ1) is 19.3. The van der Waals surface area contributed by atoms with E-state index in [-0.39, 0.29) is 28.3 Å². The van der Waals surface area contributed by atoms with E-state index >= 15 is 0 Å². The molecule has 0 saturated heterocycles. The van der Waals surface area contributed by atoms with Gasteiger partial charge in [-0.1, -0.05) is 12.1 Å². The lowest BCUT2D eigenvalue weighted by atomic mass is 9.46. The minimum atomic E-state index is -0.624. The number of hydrogen-bond acceptors (Lipinski definition) is 4. The predicted molar refractivity (Wildman–Crippen MR) is 109 cm³/mol. The molecular formula is C24H26FN3O2. The Morgan fingerprint density at radius 2 is 1.73 bits per heavy atom. The number of halogens is 1. The van der Waals surface area contributed by atoms with Crippen LogP contribution in [0.4, 0.5) is 4.39 Å². The van der Waals surface area contributed by atoms with Crippen LogP contribution >= 0.6 is 0 Å². The topological polar surface area (TPSA) is 72.0 Å². The zero-order valence-corrected chi connectivity index (χ0v) is 17.2. The van der Waals surface area contributed by atoms with Gasteiger partial charge in [0.25, 0.3) is 5.91 Å². The van der Waals surface area contributed by atoms with Crippen molar-refractivity contribution < 1.29 is 14.0 Å². The summed E-state index contributed by atoms with van der Waals surface area (Å²) < 4.78 is 13.5. The monoisotopic (exact) mass is 407 g/mol. The van der Waals surface area contributed by atoms with E-state index in [1.165, 1.54) is 18.6 Å². The minimum absolute atomic E-state index is 0.0988. The fraction of sp³-hybridized carbons (Fsp3) is 0.500. The SMILES string of the molecule is Cc1cccc(C(=O)NC23CC4CC(CC(CC(=O)c5cccc(F)n5)(C4)C2)C3)n1. The molecule has 5 nitrogen and oxygen atoms in total. The van der Waals surface area contributed by atoms with Crippen molar-refractivity contribution in [3.8, 4) is 0 Å². The highest BCUT2D eigenvalue weighted by Gasteiger charge is 2.58. The molecule has 4 fully saturated rings. The third-order valence-electron chi connectivity index (χ3n) is 7.22. The van der Waals surface area contributed by atoms with E-state index in [1.54, 1.807) is 12.1 Å². The van der Waals surface area contributed by atoms with Gasteiger partial charge in [0.2, 0.25) is 5.95 Å². The Kier molecular flexibility index (Phi) is 4.49. The first-order chi connectivity index (χ1) is 14.3. The molecule has 0 aliphatic heterocycles. The van der Waals surface area contributed by atoms with E-state index in [2.05, 4.69) is 15.3 Å². The van der Waals surface area contributed by atoms with E-state index in [1.807, 2.05) is 19.1 Å². The molecule has 0 radical (unpaired) electrons. The highest BCUT2D eigenvalue weighted by molar-refractivity contribution is 5.95. The van der Waals surface area contributed by atoms with Gasteiger partial charge >= 0.3 is 0 Å². The molecule has 4 bridgehead atoms. The van der Waals surface area contributed by atoms with Gasteiger partial charge in [-0.05, 0) is 87.0 Å². The van der Waals surface area contributed by atoms with Crippen LogP contribution in [0.15, 0.2) is 36.4 Å². The maximum Gasteiger partial charge on any atom is 0.270 e. The van der Waals surface area contributed by atoms with Crippen LogP contribution in [0.2, 0.25) is 0 Å². The summed E-state index contributed by atoms with van der Waals surface area (Å²) in [6.07, 6.45) is 6.29. The molecule has 2 aromatic heterocycles. The molecule has 6 heteroatoms. The average molecular weight is 407 g/mol. The van der Waals surface area contributed by atoms with Gasteiger partial charge in [0.05, 0.1) is 0 Å². The van der Waals surface area contributed by atoms with E-state index in [4.69, 9.17) is 0 Å². The van der Waals surface area contributed by atoms with Gasteiger partial charge in [0.1, 0.15) is 11.4 Å². The number of aryl methyl sites for hydroxylation is 1. The normalized spacial score (nSPS) is 31.5. The molecule has 4 saturated carbocycles. The predicted octanol–water partition coefficient (Wildman–Crippen LogP) is 4.27. The number of carbonyl (C=O) groups is 2. The maximum absolute atomic E-state index is 13.5. The molecule has 2 atom stereocenters. The van der Waals surface area contributed by atoms with Gasteiger partial charge in [-0.2, -0.15) is 4.39 Å². The molecule has 6 rings (SSSR count). The van der Waals surface area contributed by atoms with Gasteiger partial charge in [-0.3, -0.25) is 9.59 Å². The lowest BCUT2D eigenvalue weighted by molar-refractivity contribution is -0.0771. The van der Waals surface area contributed by atoms with Crippen LogP contribution in [-0.2, 0) is 0 Å². The quantitative estimate of drug-likeness (QED) is 0.594. The fourth-order valence-electron chi connectivity index (χ4n) is 6.77. The van der Waals surface area contributed by atoms with Crippen molar-refractivity contribution in [3.63, 3.8) is 0 Å². The molecule has 1 amide bonds. The Balaban J connectivity index is 1.38. The summed E-state index contributed by atoms with van der Waals surface area (Å²) in [5.74, 6) is 0.184. The number of rotatable bonds is 5. The first-order valence-corrected chi connectivity index (χ1v) is 10.8. The zero-order chi connectivity index (χ0) is 20.9. The van der Waals surface area contributed by atoms with Crippen LogP contribution in [0.3, 0.4) is 0 Å². The summed E-state index contributed by atoms with van der Waals surface area (Å²) in [6.45, 7) is 1.88. The van der Waals surface area contributed by atoms with Crippen LogP contribution in [-0.4, -0.2) is 27.2 Å². The zero-order valence-electron chi connectivity index (χ0n) is 17.2. The van der Waals surface area contributed by atoms with Crippen LogP contribution in [0.25, 0.3) is 0 Å². The molecule has 2 unspecified atom stereocenters. The third kappa shape index (κ3) is 3.53. The maximum atomic E-state index is 13.5. The van der Waals surface area contributed by atoms with Crippen molar-refractivity contribution in [1.82, 2.24) is 15.3 Å². The number of aromatic nitrogens is 2. The summed E-state index contributed by atoms with van der Waals surface area (Å²) in [6, 6.07) is 9.85. The van der Waals surface area contributed by atoms with Gasteiger partial charge in [0, 0.05) is 17.7 Å². The van der Waals surface area contributed by atoms with Crippen molar-refractivity contribution in [2.45, 2.75) is 57.4 Å². The molecule has 0 spiro atoms. The lowest BCUT2D eigenvalue weighted by Crippen LogP contribution is -2.63. The molecule has 2 heterocycles. The third-order valence-corrected chi connectivity index (χ3v) is 7.22. The number of amides is 1. The summed E-state index contributed by atoms with van der Waals surface area (Å²) in [5, 5.41) is 3.33. The van der Waals surface area contributed by atoms with E-state index in [0.29, 0.717) is 24.0 Å². The van der Waals surface area contributed by atoms with Gasteiger partial charge in [0.15, 0.2) is 5.78 Å². The second-order valence-corrected chi connectivity index (χ2v) is 9.81. The first-order valence-electron chi connectivity index (χ1n) is 10.8. The van der Waals surface area contributed by atoms with E-state index < -0.39 is 5.95 Å². The van der Waals surface area contributed by atoms with E-state index in [9.17, 15) is 14.0 Å². The highest BCUT2D eigenvalue weighted by Crippen LogP contribution is 2.63. The molecule has 1 N–H and O–H groups in total. The van der Waals surface area contributed by atoms with Crippen LogP contribution in [0.1, 0.15) is 71.6 Å². The largest absolute Gasteiger partial charge is 0.345 e. The smallest absolute Gasteiger partial charge is 0.270 e. The van der Waals surface area contributed by atoms with Crippen LogP contribution in [0.5, 0.6) is 0 Å². The second-order valence-electron chi connectivity index (χ2n) is 9.81. The molecule has 4 aliphatic rings. The highest BCUT2D eigenvalue weighted by atomic mass is 19.1. The van der Waals surface area contributed by atoms with Crippen molar-refractivity contribution in [1.29, 1.82) is 0 Å². The number of pyridine rings is 2. The number of nitrogens with one attached hydrogen (secondary N) is 1. The second kappa shape index (κ2) is 6.96. The van der Waals surface area contributed by atoms with Crippen molar-refractivity contribution >= 4 is 11.7 Å². The Morgan fingerprint density at radius 1 is 1.03 bits per heavy atom. The summed E-state index contributed by atoms with van der Waals surface area (Å²) in [4.78, 5) is 34.1. The van der Waals surface area contributed by atoms with Crippen LogP contribution < -0.4 is 5.32 Å². The molecular weight excluding hydrogens is 381 g/mol. The number of hydrogen-bond donors (Lipinski definition) is 1. The van der Waals surface area contributed by atoms with Gasteiger partial charge in [-0.25, -0.2) is 9.97 Å². The number of nitrogens with zero attached hydrogens (tertiary/aromatic N) is 2. The number of ketones is 1. The van der Waals surface area contributed by atoms with Crippen molar-refractivity contribution in [3.05, 3.63) is 59.4 Å². The lowest BCUT2D eigenvalue weighted by Gasteiger charge is -2.62. The number of Topliss-reactive ketones (excluding diaryl/α,β-unsaturated/α-hetero) is 1. The average Bonchev–Trinajstić information content (AvgIpc) is 2.66.